The van der Waals surface area contributed by atoms with Gasteiger partial charge in [0.15, 0.2) is 0 Å². The molecule has 4 heteroatoms. The van der Waals surface area contributed by atoms with Crippen LogP contribution in [0.25, 0.3) is 0 Å². The van der Waals surface area contributed by atoms with Crippen LogP contribution in [0.15, 0.2) is 48.5 Å². The summed E-state index contributed by atoms with van der Waals surface area (Å²) < 4.78 is 5.82. The number of carbonyl (C=O) groups is 1. The van der Waals surface area contributed by atoms with Gasteiger partial charge in [0.05, 0.1) is 12.1 Å². The second kappa shape index (κ2) is 5.25. The molecule has 0 spiro atoms. The zero-order valence-corrected chi connectivity index (χ0v) is 10.9. The Morgan fingerprint density at radius 2 is 1.95 bits per heavy atom. The number of aromatic carboxylic acids is 1. The van der Waals surface area contributed by atoms with Gasteiger partial charge in [-0.25, -0.2) is 4.79 Å². The highest BCUT2D eigenvalue weighted by molar-refractivity contribution is 5.94. The summed E-state index contributed by atoms with van der Waals surface area (Å²) in [7, 11) is 0. The monoisotopic (exact) mass is 269 g/mol. The van der Waals surface area contributed by atoms with E-state index in [1.165, 1.54) is 5.56 Å². The molecule has 2 aromatic rings. The summed E-state index contributed by atoms with van der Waals surface area (Å²) in [5.74, 6) is -0.00505. The summed E-state index contributed by atoms with van der Waals surface area (Å²) in [4.78, 5) is 11.1. The van der Waals surface area contributed by atoms with Gasteiger partial charge in [0.1, 0.15) is 11.9 Å². The number of hydrogen-bond donors (Lipinski definition) is 2. The first kappa shape index (κ1) is 12.5. The molecule has 102 valence electrons. The molecular formula is C16H15NO3. The number of anilines is 1. The van der Waals surface area contributed by atoms with Gasteiger partial charge in [-0.05, 0) is 23.8 Å². The van der Waals surface area contributed by atoms with Crippen LogP contribution in [0, 0.1) is 0 Å². The van der Waals surface area contributed by atoms with Gasteiger partial charge in [-0.1, -0.05) is 30.3 Å². The molecule has 3 rings (SSSR count). The molecule has 1 unspecified atom stereocenters. The van der Waals surface area contributed by atoms with Crippen molar-refractivity contribution in [3.8, 4) is 5.75 Å². The predicted molar refractivity (Wildman–Crippen MR) is 76.5 cm³/mol. The van der Waals surface area contributed by atoms with Gasteiger partial charge < -0.3 is 15.2 Å². The number of hydrogen-bond acceptors (Lipinski definition) is 3. The van der Waals surface area contributed by atoms with Crippen LogP contribution in [-0.4, -0.2) is 23.7 Å². The van der Waals surface area contributed by atoms with Crippen molar-refractivity contribution in [3.05, 3.63) is 59.7 Å². The maximum absolute atomic E-state index is 11.1. The lowest BCUT2D eigenvalue weighted by Crippen LogP contribution is -2.24. The van der Waals surface area contributed by atoms with Crippen molar-refractivity contribution in [3.63, 3.8) is 0 Å². The molecule has 0 fully saturated rings. The van der Waals surface area contributed by atoms with E-state index in [1.807, 2.05) is 24.3 Å². The second-order valence-corrected chi connectivity index (χ2v) is 4.78. The minimum absolute atomic E-state index is 0.0363. The van der Waals surface area contributed by atoms with Gasteiger partial charge in [-0.3, -0.25) is 0 Å². The fraction of sp³-hybridized carbons (Fsp3) is 0.188. The van der Waals surface area contributed by atoms with E-state index in [4.69, 9.17) is 9.84 Å². The predicted octanol–water partition coefficient (Wildman–Crippen LogP) is 2.80. The van der Waals surface area contributed by atoms with Crippen LogP contribution < -0.4 is 10.1 Å². The SMILES string of the molecule is O=C(O)c1ccccc1NCC1Cc2ccccc2O1. The van der Waals surface area contributed by atoms with Gasteiger partial charge in [0, 0.05) is 12.1 Å². The van der Waals surface area contributed by atoms with Crippen molar-refractivity contribution in [2.24, 2.45) is 0 Å². The fourth-order valence-electron chi connectivity index (χ4n) is 2.42. The Labute approximate surface area is 117 Å². The van der Waals surface area contributed by atoms with Crippen LogP contribution >= 0.6 is 0 Å². The van der Waals surface area contributed by atoms with Crippen molar-refractivity contribution in [2.75, 3.05) is 11.9 Å². The maximum atomic E-state index is 11.1. The number of ether oxygens (including phenoxy) is 1. The highest BCUT2D eigenvalue weighted by atomic mass is 16.5. The van der Waals surface area contributed by atoms with E-state index in [9.17, 15) is 4.79 Å². The Bertz CT molecular complexity index is 614. The standard InChI is InChI=1S/C16H15NO3/c18-16(19)13-6-2-3-7-14(13)17-10-12-9-11-5-1-4-8-15(11)20-12/h1-8,12,17H,9-10H2,(H,18,19). The molecule has 0 bridgehead atoms. The smallest absolute Gasteiger partial charge is 0.337 e. The molecular weight excluding hydrogens is 254 g/mol. The quantitative estimate of drug-likeness (QED) is 0.896. The number of carboxylic acids is 1. The Hall–Kier alpha value is -2.49. The summed E-state index contributed by atoms with van der Waals surface area (Å²) in [5.41, 5.74) is 2.10. The fourth-order valence-corrected chi connectivity index (χ4v) is 2.42. The molecule has 1 aliphatic rings. The second-order valence-electron chi connectivity index (χ2n) is 4.78. The Morgan fingerprint density at radius 3 is 2.75 bits per heavy atom. The molecule has 1 aliphatic heterocycles. The summed E-state index contributed by atoms with van der Waals surface area (Å²) >= 11 is 0. The van der Waals surface area contributed by atoms with E-state index >= 15 is 0 Å². The number of para-hydroxylation sites is 2. The normalized spacial score (nSPS) is 16.3. The lowest BCUT2D eigenvalue weighted by Gasteiger charge is -2.14. The lowest BCUT2D eigenvalue weighted by atomic mass is 10.1. The Balaban J connectivity index is 1.66. The van der Waals surface area contributed by atoms with Gasteiger partial charge >= 0.3 is 5.97 Å². The molecule has 0 saturated heterocycles. The van der Waals surface area contributed by atoms with Crippen molar-refractivity contribution in [1.29, 1.82) is 0 Å². The Kier molecular flexibility index (Phi) is 3.29. The Morgan fingerprint density at radius 1 is 1.20 bits per heavy atom. The third-order valence-electron chi connectivity index (χ3n) is 3.39. The average molecular weight is 269 g/mol. The third-order valence-corrected chi connectivity index (χ3v) is 3.39. The van der Waals surface area contributed by atoms with Crippen LogP contribution in [0.2, 0.25) is 0 Å². The van der Waals surface area contributed by atoms with E-state index in [0.717, 1.165) is 12.2 Å². The average Bonchev–Trinajstić information content (AvgIpc) is 2.88. The van der Waals surface area contributed by atoms with Crippen molar-refractivity contribution >= 4 is 11.7 Å². The molecule has 1 heterocycles. The first-order chi connectivity index (χ1) is 9.74. The molecule has 2 N–H and O–H groups in total. The molecule has 1 atom stereocenters. The summed E-state index contributed by atoms with van der Waals surface area (Å²) in [6.07, 6.45) is 0.882. The van der Waals surface area contributed by atoms with E-state index < -0.39 is 5.97 Å². The van der Waals surface area contributed by atoms with E-state index in [2.05, 4.69) is 11.4 Å². The summed E-state index contributed by atoms with van der Waals surface area (Å²) in [6, 6.07) is 14.9. The van der Waals surface area contributed by atoms with Crippen LogP contribution in [0.1, 0.15) is 15.9 Å². The topological polar surface area (TPSA) is 58.6 Å². The molecule has 2 aromatic carbocycles. The molecule has 4 nitrogen and oxygen atoms in total. The molecule has 20 heavy (non-hydrogen) atoms. The van der Waals surface area contributed by atoms with Crippen LogP contribution in [0.5, 0.6) is 5.75 Å². The zero-order chi connectivity index (χ0) is 13.9. The molecule has 0 aromatic heterocycles. The highest BCUT2D eigenvalue weighted by Gasteiger charge is 2.22. The largest absolute Gasteiger partial charge is 0.488 e. The number of rotatable bonds is 4. The van der Waals surface area contributed by atoms with Crippen molar-refractivity contribution < 1.29 is 14.6 Å². The van der Waals surface area contributed by atoms with Gasteiger partial charge in [-0.15, -0.1) is 0 Å². The van der Waals surface area contributed by atoms with Crippen LogP contribution in [-0.2, 0) is 6.42 Å². The summed E-state index contributed by atoms with van der Waals surface area (Å²) in [6.45, 7) is 0.582. The van der Waals surface area contributed by atoms with E-state index in [0.29, 0.717) is 12.2 Å². The number of benzene rings is 2. The van der Waals surface area contributed by atoms with Gasteiger partial charge in [0.25, 0.3) is 0 Å². The highest BCUT2D eigenvalue weighted by Crippen LogP contribution is 2.28. The summed E-state index contributed by atoms with van der Waals surface area (Å²) in [5, 5.41) is 12.3. The third kappa shape index (κ3) is 2.45. The number of fused-ring (bicyclic) bond motifs is 1. The molecule has 0 saturated carbocycles. The van der Waals surface area contributed by atoms with Crippen LogP contribution in [0.4, 0.5) is 5.69 Å². The molecule has 0 aliphatic carbocycles. The van der Waals surface area contributed by atoms with Crippen LogP contribution in [0.3, 0.4) is 0 Å². The number of nitrogens with one attached hydrogen (secondary N) is 1. The molecule has 0 amide bonds. The van der Waals surface area contributed by atoms with Gasteiger partial charge in [-0.2, -0.15) is 0 Å². The van der Waals surface area contributed by atoms with E-state index in [1.54, 1.807) is 18.2 Å². The van der Waals surface area contributed by atoms with Crippen molar-refractivity contribution in [1.82, 2.24) is 0 Å². The minimum Gasteiger partial charge on any atom is -0.488 e. The van der Waals surface area contributed by atoms with Crippen molar-refractivity contribution in [2.45, 2.75) is 12.5 Å². The maximum Gasteiger partial charge on any atom is 0.337 e. The molecule has 0 radical (unpaired) electrons. The lowest BCUT2D eigenvalue weighted by molar-refractivity contribution is 0.0698. The number of carboxylic acid groups (broad SMARTS) is 1. The minimum atomic E-state index is -0.927. The van der Waals surface area contributed by atoms with Gasteiger partial charge in [0.2, 0.25) is 0 Å². The van der Waals surface area contributed by atoms with E-state index in [-0.39, 0.29) is 11.7 Å². The first-order valence-electron chi connectivity index (χ1n) is 6.55. The zero-order valence-electron chi connectivity index (χ0n) is 10.9. The first-order valence-corrected chi connectivity index (χ1v) is 6.55.